The zero-order valence-corrected chi connectivity index (χ0v) is 31.2. The predicted molar refractivity (Wildman–Crippen MR) is 213 cm³/mol. The second-order valence-corrected chi connectivity index (χ2v) is 15.2. The molecule has 0 radical (unpaired) electrons. The molecule has 3 aromatic carbocycles. The summed E-state index contributed by atoms with van der Waals surface area (Å²) in [5, 5.41) is 0. The number of para-hydroxylation sites is 3. The first-order valence-corrected chi connectivity index (χ1v) is 18.6. The molecule has 5 heterocycles. The maximum Gasteiger partial charge on any atom is 0.256 e. The van der Waals surface area contributed by atoms with Crippen molar-refractivity contribution in [2.75, 3.05) is 14.7 Å². The lowest BCUT2D eigenvalue weighted by Crippen LogP contribution is -2.45. The Morgan fingerprint density at radius 2 is 1.40 bits per heavy atom. The van der Waals surface area contributed by atoms with Crippen molar-refractivity contribution in [3.63, 3.8) is 0 Å². The first kappa shape index (κ1) is 36.9. The van der Waals surface area contributed by atoms with Crippen LogP contribution in [0.4, 0.5) is 17.1 Å². The van der Waals surface area contributed by atoms with Gasteiger partial charge in [0.25, 0.3) is 11.8 Å². The van der Waals surface area contributed by atoms with Gasteiger partial charge in [0.05, 0.1) is 17.4 Å². The summed E-state index contributed by atoms with van der Waals surface area (Å²) in [6, 6.07) is 20.2. The monoisotopic (exact) mass is 700 g/mol. The summed E-state index contributed by atoms with van der Waals surface area (Å²) in [5.74, 6) is 0.650. The van der Waals surface area contributed by atoms with Gasteiger partial charge < -0.3 is 20.4 Å². The SMILES string of the molecule is C=NC(CC(C)C)C(=O)N1c2ccccc2CC1C.C=NC1C=Cc2cccc3c2N(C1=O)C(C)C3.CC1Cc2cccc3c2N1C(=O)C(N)CC3. The number of nitrogens with two attached hydrogens (primary N) is 1. The van der Waals surface area contributed by atoms with Crippen LogP contribution in [0, 0.1) is 5.92 Å². The Bertz CT molecular complexity index is 1900. The van der Waals surface area contributed by atoms with Crippen molar-refractivity contribution in [3.8, 4) is 0 Å². The normalized spacial score (nSPS) is 24.1. The molecule has 0 spiro atoms. The van der Waals surface area contributed by atoms with Crippen molar-refractivity contribution >= 4 is 54.3 Å². The molecule has 272 valence electrons. The van der Waals surface area contributed by atoms with Gasteiger partial charge in [-0.1, -0.05) is 80.6 Å². The van der Waals surface area contributed by atoms with E-state index in [0.717, 1.165) is 61.2 Å². The van der Waals surface area contributed by atoms with Crippen LogP contribution in [0.5, 0.6) is 0 Å². The van der Waals surface area contributed by atoms with Crippen LogP contribution in [0.25, 0.3) is 6.08 Å². The average molecular weight is 701 g/mol. The zero-order chi connectivity index (χ0) is 37.3. The van der Waals surface area contributed by atoms with E-state index in [0.29, 0.717) is 5.92 Å². The van der Waals surface area contributed by atoms with Crippen molar-refractivity contribution in [2.45, 2.75) is 109 Å². The number of hydrogen-bond acceptors (Lipinski definition) is 6. The zero-order valence-electron chi connectivity index (χ0n) is 31.2. The number of amides is 3. The number of hydrogen-bond donors (Lipinski definition) is 1. The van der Waals surface area contributed by atoms with Crippen LogP contribution in [0.3, 0.4) is 0 Å². The lowest BCUT2D eigenvalue weighted by Gasteiger charge is -2.26. The van der Waals surface area contributed by atoms with Gasteiger partial charge in [0, 0.05) is 23.8 Å². The molecule has 0 fully saturated rings. The molecule has 0 saturated carbocycles. The highest BCUT2D eigenvalue weighted by atomic mass is 16.2. The van der Waals surface area contributed by atoms with E-state index in [4.69, 9.17) is 5.73 Å². The number of aliphatic imine (C=N–C) groups is 2. The van der Waals surface area contributed by atoms with E-state index in [1.165, 1.54) is 22.3 Å². The summed E-state index contributed by atoms with van der Waals surface area (Å²) in [4.78, 5) is 50.9. The molecule has 3 aromatic rings. The molecule has 5 aliphatic heterocycles. The molecule has 9 nitrogen and oxygen atoms in total. The first-order chi connectivity index (χ1) is 24.9. The minimum atomic E-state index is -0.448. The molecule has 5 aliphatic rings. The van der Waals surface area contributed by atoms with Crippen LogP contribution in [0.1, 0.15) is 75.3 Å². The molecule has 8 rings (SSSR count). The molecule has 9 heteroatoms. The maximum atomic E-state index is 12.7. The topological polar surface area (TPSA) is 112 Å². The number of carbonyl (C=O) groups is 3. The Labute approximate surface area is 308 Å². The summed E-state index contributed by atoms with van der Waals surface area (Å²) >= 11 is 0. The number of carbonyl (C=O) groups excluding carboxylic acids is 3. The maximum absolute atomic E-state index is 12.7. The minimum Gasteiger partial charge on any atom is -0.320 e. The summed E-state index contributed by atoms with van der Waals surface area (Å²) in [5.41, 5.74) is 15.3. The molecule has 0 aliphatic carbocycles. The Kier molecular flexibility index (Phi) is 10.9. The van der Waals surface area contributed by atoms with Gasteiger partial charge in [0.1, 0.15) is 12.1 Å². The molecule has 3 amide bonds. The van der Waals surface area contributed by atoms with Crippen LogP contribution < -0.4 is 20.4 Å². The van der Waals surface area contributed by atoms with Crippen LogP contribution in [0.15, 0.2) is 76.7 Å². The quantitative estimate of drug-likeness (QED) is 0.312. The number of anilines is 3. The van der Waals surface area contributed by atoms with Gasteiger partial charge in [-0.2, -0.15) is 0 Å². The van der Waals surface area contributed by atoms with E-state index in [1.54, 1.807) is 0 Å². The average Bonchev–Trinajstić information content (AvgIpc) is 3.71. The Morgan fingerprint density at radius 1 is 0.808 bits per heavy atom. The molecule has 2 N–H and O–H groups in total. The van der Waals surface area contributed by atoms with Crippen molar-refractivity contribution in [3.05, 3.63) is 94.6 Å². The highest BCUT2D eigenvalue weighted by Crippen LogP contribution is 2.40. The Hall–Kier alpha value is -4.89. The molecule has 0 saturated heterocycles. The highest BCUT2D eigenvalue weighted by Gasteiger charge is 2.38. The summed E-state index contributed by atoms with van der Waals surface area (Å²) in [7, 11) is 0. The van der Waals surface area contributed by atoms with E-state index in [-0.39, 0.29) is 47.9 Å². The lowest BCUT2D eigenvalue weighted by molar-refractivity contribution is -0.121. The predicted octanol–water partition coefficient (Wildman–Crippen LogP) is 6.38. The van der Waals surface area contributed by atoms with Gasteiger partial charge in [-0.3, -0.25) is 24.4 Å². The molecule has 6 atom stereocenters. The Balaban J connectivity index is 0.000000134. The third-order valence-electron chi connectivity index (χ3n) is 10.8. The number of aryl methyl sites for hydroxylation is 1. The fraction of sp³-hybridized carbons (Fsp3) is 0.419. The van der Waals surface area contributed by atoms with E-state index < -0.39 is 6.04 Å². The van der Waals surface area contributed by atoms with E-state index in [1.807, 2.05) is 57.2 Å². The van der Waals surface area contributed by atoms with Crippen molar-refractivity contribution < 1.29 is 14.4 Å². The van der Waals surface area contributed by atoms with E-state index in [2.05, 4.69) is 88.4 Å². The third-order valence-corrected chi connectivity index (χ3v) is 10.8. The van der Waals surface area contributed by atoms with Gasteiger partial charge in [-0.05, 0) is 113 Å². The highest BCUT2D eigenvalue weighted by molar-refractivity contribution is 6.05. The summed E-state index contributed by atoms with van der Waals surface area (Å²) in [6.45, 7) is 17.6. The first-order valence-electron chi connectivity index (χ1n) is 18.6. The van der Waals surface area contributed by atoms with Crippen LogP contribution in [-0.2, 0) is 40.1 Å². The number of benzene rings is 3. The van der Waals surface area contributed by atoms with E-state index >= 15 is 0 Å². The smallest absolute Gasteiger partial charge is 0.256 e. The molecule has 0 aromatic heterocycles. The number of nitrogens with zero attached hydrogens (tertiary/aromatic N) is 5. The molecule has 52 heavy (non-hydrogen) atoms. The second-order valence-electron chi connectivity index (χ2n) is 15.2. The fourth-order valence-electron chi connectivity index (χ4n) is 8.37. The van der Waals surface area contributed by atoms with Crippen LogP contribution in [0.2, 0.25) is 0 Å². The van der Waals surface area contributed by atoms with Gasteiger partial charge in [-0.25, -0.2) is 0 Å². The van der Waals surface area contributed by atoms with Crippen molar-refractivity contribution in [1.82, 2.24) is 0 Å². The van der Waals surface area contributed by atoms with Crippen LogP contribution >= 0.6 is 0 Å². The Morgan fingerprint density at radius 3 is 2.08 bits per heavy atom. The number of rotatable bonds is 5. The molecular formula is C43H52N6O3. The number of fused-ring (bicyclic) bond motifs is 1. The van der Waals surface area contributed by atoms with Crippen molar-refractivity contribution in [1.29, 1.82) is 0 Å². The lowest BCUT2D eigenvalue weighted by atomic mass is 10.0. The largest absolute Gasteiger partial charge is 0.320 e. The third kappa shape index (κ3) is 6.98. The fourth-order valence-corrected chi connectivity index (χ4v) is 8.37. The molecule has 6 unspecified atom stereocenters. The van der Waals surface area contributed by atoms with Gasteiger partial charge in [0.15, 0.2) is 0 Å². The van der Waals surface area contributed by atoms with Crippen molar-refractivity contribution in [2.24, 2.45) is 21.6 Å². The van der Waals surface area contributed by atoms with E-state index in [9.17, 15) is 14.4 Å². The van der Waals surface area contributed by atoms with Gasteiger partial charge in [0.2, 0.25) is 5.91 Å². The second kappa shape index (κ2) is 15.4. The molecular weight excluding hydrogens is 649 g/mol. The van der Waals surface area contributed by atoms with Gasteiger partial charge in [-0.15, -0.1) is 0 Å². The summed E-state index contributed by atoms with van der Waals surface area (Å²) < 4.78 is 0. The van der Waals surface area contributed by atoms with Crippen LogP contribution in [-0.4, -0.2) is 67.4 Å². The standard InChI is InChI=1S/C16H22N2O.C14H14N2O.C13H16N2O/c1-11(2)9-14(17-4)16(19)18-12(3)10-13-7-5-6-8-15(13)18;1-9-8-11-5-3-4-10-6-7-12(15-2)14(17)16(9)13(10)11;1-8-7-10-4-2-3-9-5-6-11(14)13(16)15(8)12(9)10/h5-8,11-12,14H,4,9-10H2,1-3H3;3-7,9,12H,2,8H2,1H3;2-4,8,11H,5-7,14H2,1H3. The van der Waals surface area contributed by atoms with Gasteiger partial charge >= 0.3 is 0 Å². The molecule has 0 bridgehead atoms. The minimum absolute atomic E-state index is 0.0347. The summed E-state index contributed by atoms with van der Waals surface area (Å²) in [6.07, 6.45) is 9.05.